The molecule has 0 saturated heterocycles. The van der Waals surface area contributed by atoms with Crippen molar-refractivity contribution >= 4 is 0 Å². The van der Waals surface area contributed by atoms with Crippen LogP contribution in [0.2, 0.25) is 0 Å². The van der Waals surface area contributed by atoms with Crippen LogP contribution in [-0.2, 0) is 26.2 Å². The fourth-order valence-electron chi connectivity index (χ4n) is 4.97. The number of fused-ring (bicyclic) bond motifs is 10. The van der Waals surface area contributed by atoms with Gasteiger partial charge in [0.05, 0.1) is 24.5 Å². The molecule has 6 rings (SSSR count). The van der Waals surface area contributed by atoms with Gasteiger partial charge in [-0.15, -0.1) is 0 Å². The van der Waals surface area contributed by atoms with Crippen molar-refractivity contribution in [3.63, 3.8) is 0 Å². The highest BCUT2D eigenvalue weighted by Gasteiger charge is 2.18. The van der Waals surface area contributed by atoms with Gasteiger partial charge in [0.1, 0.15) is 0 Å². The first-order valence-electron chi connectivity index (χ1n) is 12.5. The van der Waals surface area contributed by atoms with E-state index in [0.29, 0.717) is 13.1 Å². The van der Waals surface area contributed by atoms with E-state index in [2.05, 4.69) is 83.4 Å². The maximum absolute atomic E-state index is 4.94. The van der Waals surface area contributed by atoms with Gasteiger partial charge in [0.25, 0.3) is 0 Å². The Hall–Kier alpha value is -4.08. The fourth-order valence-corrected chi connectivity index (χ4v) is 4.97. The number of hydrogen-bond acceptors (Lipinski definition) is 5. The van der Waals surface area contributed by atoms with Crippen LogP contribution in [0.15, 0.2) is 48.8 Å². The smallest absolute Gasteiger partial charge is 0.175 e. The third-order valence-corrected chi connectivity index (χ3v) is 6.84. The van der Waals surface area contributed by atoms with Gasteiger partial charge < -0.3 is 5.01 Å². The highest BCUT2D eigenvalue weighted by molar-refractivity contribution is 5.30. The summed E-state index contributed by atoms with van der Waals surface area (Å²) < 4.78 is 10.2. The lowest BCUT2D eigenvalue weighted by Gasteiger charge is -2.24. The Kier molecular flexibility index (Phi) is 5.50. The standard InChI is InChI=1S/C26H32N10/c1-19-15-25-29-33(19)11-7-8-12-34-20(2)16-26(30-34)36-22(4)14-24(28-36)18-32(31-9-5-6-10-31)17-23-13-21(3)35(25)27-23/h5-6,9-10,13-16H,7-8,11-12,17-18H2,1-4H3. The second-order valence-electron chi connectivity index (χ2n) is 9.70. The van der Waals surface area contributed by atoms with E-state index < -0.39 is 0 Å². The monoisotopic (exact) mass is 484 g/mol. The van der Waals surface area contributed by atoms with Crippen molar-refractivity contribution < 1.29 is 0 Å². The molecule has 36 heavy (non-hydrogen) atoms. The molecule has 8 bridgehead atoms. The zero-order valence-electron chi connectivity index (χ0n) is 21.3. The van der Waals surface area contributed by atoms with Crippen LogP contribution in [-0.4, -0.2) is 43.8 Å². The van der Waals surface area contributed by atoms with Crippen molar-refractivity contribution in [2.75, 3.05) is 5.01 Å². The quantitative estimate of drug-likeness (QED) is 0.363. The van der Waals surface area contributed by atoms with E-state index in [1.807, 2.05) is 21.5 Å². The van der Waals surface area contributed by atoms with Crippen molar-refractivity contribution in [2.45, 2.75) is 66.7 Å². The Labute approximate surface area is 210 Å². The zero-order chi connectivity index (χ0) is 24.8. The van der Waals surface area contributed by atoms with Crippen LogP contribution in [0.5, 0.6) is 0 Å². The second-order valence-corrected chi connectivity index (χ2v) is 9.70. The molecule has 5 aromatic heterocycles. The van der Waals surface area contributed by atoms with E-state index in [0.717, 1.165) is 71.7 Å². The SMILES string of the molecule is Cc1cc2nn1CCCCn1nc(cc1C)-n1nc(cc1C)CN(n1cccc1)Cc1cc(C)n-2n1. The van der Waals surface area contributed by atoms with Gasteiger partial charge in [0.2, 0.25) is 0 Å². The van der Waals surface area contributed by atoms with E-state index in [-0.39, 0.29) is 0 Å². The maximum atomic E-state index is 4.94. The van der Waals surface area contributed by atoms with Gasteiger partial charge in [-0.2, -0.15) is 20.4 Å². The lowest BCUT2D eigenvalue weighted by atomic mass is 10.3. The van der Waals surface area contributed by atoms with E-state index in [9.17, 15) is 0 Å². The number of rotatable bonds is 1. The van der Waals surface area contributed by atoms with E-state index in [1.54, 1.807) is 0 Å². The number of hydrogen-bond donors (Lipinski definition) is 0. The summed E-state index contributed by atoms with van der Waals surface area (Å²) in [5, 5.41) is 21.9. The molecule has 0 amide bonds. The molecule has 1 aliphatic rings. The molecule has 10 heteroatoms. The highest BCUT2D eigenvalue weighted by atomic mass is 15.5. The lowest BCUT2D eigenvalue weighted by molar-refractivity contribution is 0.487. The average Bonchev–Trinajstić information content (AvgIpc) is 3.64. The van der Waals surface area contributed by atoms with Crippen molar-refractivity contribution in [1.82, 2.24) is 43.8 Å². The maximum Gasteiger partial charge on any atom is 0.175 e. The first kappa shape index (κ1) is 22.4. The summed E-state index contributed by atoms with van der Waals surface area (Å²) in [6, 6.07) is 12.6. The van der Waals surface area contributed by atoms with Crippen LogP contribution < -0.4 is 5.01 Å². The first-order valence-corrected chi connectivity index (χ1v) is 12.5. The van der Waals surface area contributed by atoms with Gasteiger partial charge in [0, 0.05) is 60.4 Å². The van der Waals surface area contributed by atoms with Crippen LogP contribution in [0.25, 0.3) is 11.6 Å². The minimum Gasteiger partial charge on any atom is -0.301 e. The molecule has 1 aliphatic heterocycles. The fraction of sp³-hybridized carbons (Fsp3) is 0.385. The lowest BCUT2D eigenvalue weighted by Crippen LogP contribution is -2.32. The van der Waals surface area contributed by atoms with Gasteiger partial charge >= 0.3 is 0 Å². The average molecular weight is 485 g/mol. The summed E-state index contributed by atoms with van der Waals surface area (Å²) in [5.41, 5.74) is 6.40. The van der Waals surface area contributed by atoms with Gasteiger partial charge in [-0.1, -0.05) is 0 Å². The molecule has 0 saturated carbocycles. The largest absolute Gasteiger partial charge is 0.301 e. The molecule has 5 aromatic rings. The van der Waals surface area contributed by atoms with Crippen LogP contribution in [0, 0.1) is 27.7 Å². The topological polar surface area (TPSA) is 79.5 Å². The highest BCUT2D eigenvalue weighted by Crippen LogP contribution is 2.18. The molecular weight excluding hydrogens is 452 g/mol. The zero-order valence-corrected chi connectivity index (χ0v) is 21.3. The molecule has 0 aliphatic carbocycles. The van der Waals surface area contributed by atoms with Gasteiger partial charge in [-0.05, 0) is 64.8 Å². The second kappa shape index (κ2) is 8.85. The molecular formula is C26H32N10. The normalized spacial score (nSPS) is 14.5. The molecule has 0 atom stereocenters. The third-order valence-electron chi connectivity index (χ3n) is 6.84. The summed E-state index contributed by atoms with van der Waals surface area (Å²) in [7, 11) is 0. The Bertz CT molecular complexity index is 1400. The molecule has 0 aromatic carbocycles. The predicted octanol–water partition coefficient (Wildman–Crippen LogP) is 3.62. The van der Waals surface area contributed by atoms with Crippen molar-refractivity contribution in [2.24, 2.45) is 0 Å². The predicted molar refractivity (Wildman–Crippen MR) is 137 cm³/mol. The molecule has 186 valence electrons. The molecule has 10 nitrogen and oxygen atoms in total. The van der Waals surface area contributed by atoms with Crippen molar-refractivity contribution in [3.05, 3.63) is 83.0 Å². The number of nitrogens with zero attached hydrogens (tertiary/aromatic N) is 10. The van der Waals surface area contributed by atoms with Crippen molar-refractivity contribution in [3.8, 4) is 11.6 Å². The molecule has 0 radical (unpaired) electrons. The molecule has 0 N–H and O–H groups in total. The Balaban J connectivity index is 1.41. The number of aromatic nitrogens is 9. The van der Waals surface area contributed by atoms with Crippen LogP contribution in [0.3, 0.4) is 0 Å². The Morgan fingerprint density at radius 2 is 1.06 bits per heavy atom. The van der Waals surface area contributed by atoms with Gasteiger partial charge in [-0.3, -0.25) is 14.0 Å². The molecule has 6 heterocycles. The van der Waals surface area contributed by atoms with Crippen LogP contribution >= 0.6 is 0 Å². The minimum absolute atomic E-state index is 0.641. The van der Waals surface area contributed by atoms with Crippen LogP contribution in [0.4, 0.5) is 0 Å². The van der Waals surface area contributed by atoms with Gasteiger partial charge in [-0.25, -0.2) is 9.36 Å². The van der Waals surface area contributed by atoms with E-state index in [4.69, 9.17) is 20.4 Å². The summed E-state index contributed by atoms with van der Waals surface area (Å²) in [6.45, 7) is 11.4. The van der Waals surface area contributed by atoms with E-state index >= 15 is 0 Å². The van der Waals surface area contributed by atoms with Crippen LogP contribution in [0.1, 0.15) is 47.0 Å². The minimum atomic E-state index is 0.641. The third kappa shape index (κ3) is 4.12. The molecule has 0 spiro atoms. The summed E-state index contributed by atoms with van der Waals surface area (Å²) in [6.07, 6.45) is 6.16. The Morgan fingerprint density at radius 1 is 0.583 bits per heavy atom. The summed E-state index contributed by atoms with van der Waals surface area (Å²) >= 11 is 0. The first-order chi connectivity index (χ1) is 17.4. The molecule has 0 fully saturated rings. The Morgan fingerprint density at radius 3 is 1.53 bits per heavy atom. The number of aryl methyl sites for hydroxylation is 6. The van der Waals surface area contributed by atoms with Gasteiger partial charge in [0.15, 0.2) is 11.6 Å². The summed E-state index contributed by atoms with van der Waals surface area (Å²) in [5.74, 6) is 1.73. The summed E-state index contributed by atoms with van der Waals surface area (Å²) in [4.78, 5) is 0. The molecule has 0 unspecified atom stereocenters. The van der Waals surface area contributed by atoms with E-state index in [1.165, 1.54) is 0 Å². The van der Waals surface area contributed by atoms with Crippen molar-refractivity contribution in [1.29, 1.82) is 0 Å².